The molecule has 0 amide bonds. The van der Waals surface area contributed by atoms with Crippen molar-refractivity contribution in [2.24, 2.45) is 0 Å². The number of carbonyl (C=O) groups is 1. The van der Waals surface area contributed by atoms with Crippen molar-refractivity contribution in [1.29, 1.82) is 0 Å². The van der Waals surface area contributed by atoms with Crippen LogP contribution < -0.4 is 4.74 Å². The lowest BCUT2D eigenvalue weighted by molar-refractivity contribution is -0.120. The van der Waals surface area contributed by atoms with E-state index in [1.54, 1.807) is 13.1 Å². The topological polar surface area (TPSA) is 29.5 Å². The normalized spacial score (nSPS) is 12.4. The maximum Gasteiger partial charge on any atom is 0.197 e. The molecule has 0 spiro atoms. The van der Waals surface area contributed by atoms with Crippen LogP contribution in [0.25, 0.3) is 0 Å². The summed E-state index contributed by atoms with van der Waals surface area (Å²) in [6.45, 7) is 1.75. The molecule has 1 aromatic rings. The van der Waals surface area contributed by atoms with Crippen molar-refractivity contribution < 1.29 is 9.53 Å². The molecule has 0 radical (unpaired) electrons. The van der Waals surface area contributed by atoms with Crippen LogP contribution in [0.5, 0.6) is 5.75 Å². The molecule has 0 unspecified atom stereocenters. The molecule has 0 heterocycles. The van der Waals surface area contributed by atoms with Crippen molar-refractivity contribution >= 4 is 5.78 Å². The zero-order valence-corrected chi connectivity index (χ0v) is 9.88. The fraction of sp³-hybridized carbons (Fsp3) is 0.308. The van der Waals surface area contributed by atoms with Gasteiger partial charge in [-0.05, 0) is 19.1 Å². The molecule has 0 fully saturated rings. The molecule has 1 rings (SSSR count). The molecule has 0 aliphatic heterocycles. The van der Waals surface area contributed by atoms with Crippen LogP contribution in [0, 0.1) is 0 Å². The van der Waals surface area contributed by atoms with Crippen molar-refractivity contribution in [2.45, 2.75) is 13.0 Å². The molecule has 0 aliphatic rings. The van der Waals surface area contributed by atoms with Crippen LogP contribution in [0.2, 0.25) is 0 Å². The summed E-state index contributed by atoms with van der Waals surface area (Å²) in [6, 6.07) is 9.33. The fourth-order valence-electron chi connectivity index (χ4n) is 1.12. The first-order valence-electron chi connectivity index (χ1n) is 5.20. The number of nitrogens with zero attached hydrogens (tertiary/aromatic N) is 1. The van der Waals surface area contributed by atoms with Crippen LogP contribution in [-0.4, -0.2) is 30.9 Å². The van der Waals surface area contributed by atoms with Crippen LogP contribution in [0.4, 0.5) is 0 Å². The van der Waals surface area contributed by atoms with E-state index in [2.05, 4.69) is 0 Å². The minimum absolute atomic E-state index is 0.0439. The number of para-hydroxylation sites is 1. The van der Waals surface area contributed by atoms with Gasteiger partial charge in [0.1, 0.15) is 5.75 Å². The lowest BCUT2D eigenvalue weighted by atomic mass is 10.2. The highest BCUT2D eigenvalue weighted by atomic mass is 16.5. The Hall–Kier alpha value is -1.77. The van der Waals surface area contributed by atoms with Gasteiger partial charge in [0.25, 0.3) is 0 Å². The average Bonchev–Trinajstić information content (AvgIpc) is 2.27. The third-order valence-corrected chi connectivity index (χ3v) is 1.99. The van der Waals surface area contributed by atoms with Gasteiger partial charge < -0.3 is 9.64 Å². The third-order valence-electron chi connectivity index (χ3n) is 1.99. The quantitative estimate of drug-likeness (QED) is 0.710. The summed E-state index contributed by atoms with van der Waals surface area (Å²) in [5, 5.41) is 0. The molecule has 0 aromatic heterocycles. The second kappa shape index (κ2) is 5.95. The summed E-state index contributed by atoms with van der Waals surface area (Å²) in [7, 11) is 3.74. The molecular weight excluding hydrogens is 202 g/mol. The van der Waals surface area contributed by atoms with Crippen molar-refractivity contribution in [3.8, 4) is 5.75 Å². The van der Waals surface area contributed by atoms with Gasteiger partial charge in [0.05, 0.1) is 0 Å². The van der Waals surface area contributed by atoms with E-state index in [4.69, 9.17) is 4.74 Å². The number of hydrogen-bond donors (Lipinski definition) is 0. The SMILES string of the molecule is C[C@H](Oc1ccccc1)C(=O)/C=C\N(C)C. The highest BCUT2D eigenvalue weighted by Gasteiger charge is 2.10. The van der Waals surface area contributed by atoms with E-state index in [1.807, 2.05) is 49.3 Å². The molecular formula is C13H17NO2. The first-order chi connectivity index (χ1) is 7.59. The van der Waals surface area contributed by atoms with E-state index in [-0.39, 0.29) is 5.78 Å². The highest BCUT2D eigenvalue weighted by Crippen LogP contribution is 2.11. The first kappa shape index (κ1) is 12.3. The largest absolute Gasteiger partial charge is 0.483 e. The van der Waals surface area contributed by atoms with Gasteiger partial charge in [-0.15, -0.1) is 0 Å². The summed E-state index contributed by atoms with van der Waals surface area (Å²) in [4.78, 5) is 13.4. The van der Waals surface area contributed by atoms with E-state index in [0.717, 1.165) is 0 Å². The molecule has 0 saturated heterocycles. The summed E-state index contributed by atoms with van der Waals surface area (Å²) < 4.78 is 5.49. The Kier molecular flexibility index (Phi) is 4.58. The maximum atomic E-state index is 11.6. The summed E-state index contributed by atoms with van der Waals surface area (Å²) in [5.41, 5.74) is 0. The second-order valence-corrected chi connectivity index (χ2v) is 3.75. The lowest BCUT2D eigenvalue weighted by Crippen LogP contribution is -2.22. The Balaban J connectivity index is 2.53. The molecule has 0 bridgehead atoms. The predicted octanol–water partition coefficient (Wildman–Crippen LogP) is 2.10. The van der Waals surface area contributed by atoms with E-state index < -0.39 is 6.10 Å². The molecule has 0 saturated carbocycles. The van der Waals surface area contributed by atoms with Crippen LogP contribution in [-0.2, 0) is 4.79 Å². The second-order valence-electron chi connectivity index (χ2n) is 3.75. The van der Waals surface area contributed by atoms with E-state index in [9.17, 15) is 4.79 Å². The van der Waals surface area contributed by atoms with Gasteiger partial charge in [0.2, 0.25) is 0 Å². The minimum Gasteiger partial charge on any atom is -0.483 e. The molecule has 86 valence electrons. The summed E-state index contributed by atoms with van der Waals surface area (Å²) in [6.07, 6.45) is 2.78. The van der Waals surface area contributed by atoms with Crippen molar-refractivity contribution in [2.75, 3.05) is 14.1 Å². The summed E-state index contributed by atoms with van der Waals surface area (Å²) >= 11 is 0. The van der Waals surface area contributed by atoms with Crippen LogP contribution in [0.15, 0.2) is 42.6 Å². The molecule has 0 aliphatic carbocycles. The Morgan fingerprint density at radius 3 is 2.50 bits per heavy atom. The molecule has 0 N–H and O–H groups in total. The van der Waals surface area contributed by atoms with Gasteiger partial charge in [-0.1, -0.05) is 18.2 Å². The van der Waals surface area contributed by atoms with Gasteiger partial charge in [-0.2, -0.15) is 0 Å². The maximum absolute atomic E-state index is 11.6. The highest BCUT2D eigenvalue weighted by molar-refractivity contribution is 5.93. The van der Waals surface area contributed by atoms with Gasteiger partial charge >= 0.3 is 0 Å². The van der Waals surface area contributed by atoms with Gasteiger partial charge in [-0.25, -0.2) is 0 Å². The Morgan fingerprint density at radius 1 is 1.31 bits per heavy atom. The van der Waals surface area contributed by atoms with Crippen molar-refractivity contribution in [3.63, 3.8) is 0 Å². The zero-order valence-electron chi connectivity index (χ0n) is 9.88. The Morgan fingerprint density at radius 2 is 1.94 bits per heavy atom. The number of ketones is 1. The van der Waals surface area contributed by atoms with E-state index in [1.165, 1.54) is 6.08 Å². The Labute approximate surface area is 96.3 Å². The lowest BCUT2D eigenvalue weighted by Gasteiger charge is -2.12. The van der Waals surface area contributed by atoms with Gasteiger partial charge in [0, 0.05) is 26.4 Å². The smallest absolute Gasteiger partial charge is 0.197 e. The number of rotatable bonds is 5. The first-order valence-corrected chi connectivity index (χ1v) is 5.20. The minimum atomic E-state index is -0.460. The monoisotopic (exact) mass is 219 g/mol. The van der Waals surface area contributed by atoms with Crippen molar-refractivity contribution in [3.05, 3.63) is 42.6 Å². The standard InChI is InChI=1S/C13H17NO2/c1-11(13(15)9-10-14(2)3)16-12-7-5-4-6-8-12/h4-11H,1-3H3/b10-9-/t11-/m0/s1. The number of hydrogen-bond acceptors (Lipinski definition) is 3. The Bertz CT molecular complexity index is 357. The number of benzene rings is 1. The molecule has 3 heteroatoms. The molecule has 3 nitrogen and oxygen atoms in total. The number of carbonyl (C=O) groups excluding carboxylic acids is 1. The fourth-order valence-corrected chi connectivity index (χ4v) is 1.12. The van der Waals surface area contributed by atoms with Crippen molar-refractivity contribution in [1.82, 2.24) is 4.90 Å². The van der Waals surface area contributed by atoms with Crippen LogP contribution >= 0.6 is 0 Å². The average molecular weight is 219 g/mol. The van der Waals surface area contributed by atoms with E-state index >= 15 is 0 Å². The molecule has 1 atom stereocenters. The van der Waals surface area contributed by atoms with Crippen LogP contribution in [0.3, 0.4) is 0 Å². The van der Waals surface area contributed by atoms with E-state index in [0.29, 0.717) is 5.75 Å². The predicted molar refractivity (Wildman–Crippen MR) is 64.4 cm³/mol. The van der Waals surface area contributed by atoms with Gasteiger partial charge in [0.15, 0.2) is 11.9 Å². The molecule has 16 heavy (non-hydrogen) atoms. The zero-order chi connectivity index (χ0) is 12.0. The number of ether oxygens (including phenoxy) is 1. The van der Waals surface area contributed by atoms with Crippen LogP contribution in [0.1, 0.15) is 6.92 Å². The van der Waals surface area contributed by atoms with Gasteiger partial charge in [-0.3, -0.25) is 4.79 Å². The molecule has 1 aromatic carbocycles. The third kappa shape index (κ3) is 4.17. The summed E-state index contributed by atoms with van der Waals surface area (Å²) in [5.74, 6) is 0.666.